The van der Waals surface area contributed by atoms with Gasteiger partial charge in [0.05, 0.1) is 34.1 Å². The van der Waals surface area contributed by atoms with E-state index >= 15 is 0 Å². The van der Waals surface area contributed by atoms with Crippen LogP contribution in [0.4, 0.5) is 11.4 Å². The van der Waals surface area contributed by atoms with Gasteiger partial charge < -0.3 is 9.47 Å². The molecule has 0 amide bonds. The monoisotopic (exact) mass is 416 g/mol. The quantitative estimate of drug-likeness (QED) is 0.361. The summed E-state index contributed by atoms with van der Waals surface area (Å²) in [6, 6.07) is 9.99. The molecule has 0 unspecified atom stereocenters. The fourth-order valence-corrected chi connectivity index (χ4v) is 3.51. The Morgan fingerprint density at radius 3 is 2.68 bits per heavy atom. The van der Waals surface area contributed by atoms with Crippen LogP contribution < -0.4 is 14.3 Å². The van der Waals surface area contributed by atoms with Crippen molar-refractivity contribution in [1.82, 2.24) is 4.68 Å². The van der Waals surface area contributed by atoms with Gasteiger partial charge in [-0.1, -0.05) is 11.6 Å². The molecule has 1 aliphatic heterocycles. The molecule has 0 atom stereocenters. The minimum atomic E-state index is -0.479. The Hall–Kier alpha value is -3.17. The zero-order valence-corrected chi connectivity index (χ0v) is 16.1. The van der Waals surface area contributed by atoms with Gasteiger partial charge in [-0.15, -0.1) is 11.3 Å². The number of aromatic nitrogens is 1. The molecule has 0 spiro atoms. The topological polar surface area (TPSA) is 91.2 Å². The summed E-state index contributed by atoms with van der Waals surface area (Å²) in [6.07, 6.45) is 1.42. The Kier molecular flexibility index (Phi) is 4.84. The molecule has 0 aliphatic carbocycles. The van der Waals surface area contributed by atoms with Crippen LogP contribution in [0.5, 0.6) is 11.5 Å². The summed E-state index contributed by atoms with van der Waals surface area (Å²) in [5.41, 5.74) is 1.77. The molecule has 0 saturated carbocycles. The van der Waals surface area contributed by atoms with E-state index in [4.69, 9.17) is 21.1 Å². The number of thiazole rings is 1. The SMILES string of the molecule is Cc1csc(=Nc2ccc(Cl)cc2)n1N=Cc1cc2c(cc1[N+](=O)[O-])OCO2. The van der Waals surface area contributed by atoms with Crippen molar-refractivity contribution in [2.75, 3.05) is 6.79 Å². The van der Waals surface area contributed by atoms with Gasteiger partial charge in [0.15, 0.2) is 11.5 Å². The molecule has 3 aromatic rings. The molecular weight excluding hydrogens is 404 g/mol. The Morgan fingerprint density at radius 1 is 1.25 bits per heavy atom. The maximum absolute atomic E-state index is 11.4. The van der Waals surface area contributed by atoms with E-state index in [1.165, 1.54) is 23.6 Å². The van der Waals surface area contributed by atoms with Gasteiger partial charge in [-0.2, -0.15) is 5.10 Å². The molecule has 0 N–H and O–H groups in total. The lowest BCUT2D eigenvalue weighted by Crippen LogP contribution is -2.11. The molecule has 2 aromatic carbocycles. The molecule has 10 heteroatoms. The number of hydrogen-bond donors (Lipinski definition) is 0. The highest BCUT2D eigenvalue weighted by molar-refractivity contribution is 7.07. The van der Waals surface area contributed by atoms with Gasteiger partial charge >= 0.3 is 0 Å². The Labute approximate surface area is 168 Å². The summed E-state index contributed by atoms with van der Waals surface area (Å²) >= 11 is 7.32. The van der Waals surface area contributed by atoms with Crippen molar-refractivity contribution in [3.05, 3.63) is 73.0 Å². The number of hydrogen-bond acceptors (Lipinski definition) is 7. The van der Waals surface area contributed by atoms with Crippen molar-refractivity contribution in [3.8, 4) is 11.5 Å². The normalized spacial score (nSPS) is 13.4. The second-order valence-corrected chi connectivity index (χ2v) is 7.10. The third-order valence-corrected chi connectivity index (χ3v) is 5.12. The lowest BCUT2D eigenvalue weighted by molar-refractivity contribution is -0.385. The van der Waals surface area contributed by atoms with Gasteiger partial charge in [0.1, 0.15) is 0 Å². The van der Waals surface area contributed by atoms with Crippen LogP contribution in [0.25, 0.3) is 0 Å². The Bertz CT molecular complexity index is 1150. The number of fused-ring (bicyclic) bond motifs is 1. The van der Waals surface area contributed by atoms with Crippen molar-refractivity contribution >= 4 is 40.5 Å². The van der Waals surface area contributed by atoms with Crippen LogP contribution in [-0.2, 0) is 0 Å². The van der Waals surface area contributed by atoms with Gasteiger partial charge in [0, 0.05) is 10.4 Å². The zero-order chi connectivity index (χ0) is 19.7. The minimum Gasteiger partial charge on any atom is -0.454 e. The summed E-state index contributed by atoms with van der Waals surface area (Å²) in [5, 5.41) is 18.3. The van der Waals surface area contributed by atoms with E-state index in [2.05, 4.69) is 10.1 Å². The van der Waals surface area contributed by atoms with Crippen LogP contribution in [0, 0.1) is 17.0 Å². The molecule has 0 fully saturated rings. The number of aryl methyl sites for hydroxylation is 1. The largest absolute Gasteiger partial charge is 0.454 e. The van der Waals surface area contributed by atoms with E-state index in [0.29, 0.717) is 26.9 Å². The first-order valence-corrected chi connectivity index (χ1v) is 9.37. The summed E-state index contributed by atoms with van der Waals surface area (Å²) < 4.78 is 12.1. The highest BCUT2D eigenvalue weighted by Crippen LogP contribution is 2.37. The van der Waals surface area contributed by atoms with Crippen molar-refractivity contribution in [3.63, 3.8) is 0 Å². The molecule has 0 radical (unpaired) electrons. The Morgan fingerprint density at radius 2 is 1.96 bits per heavy atom. The number of nitrogens with zero attached hydrogens (tertiary/aromatic N) is 4. The minimum absolute atomic E-state index is 0.0373. The van der Waals surface area contributed by atoms with E-state index in [-0.39, 0.29) is 12.5 Å². The fourth-order valence-electron chi connectivity index (χ4n) is 2.56. The number of nitro groups is 1. The number of halogens is 1. The fraction of sp³-hybridized carbons (Fsp3) is 0.111. The third kappa shape index (κ3) is 3.62. The van der Waals surface area contributed by atoms with Gasteiger partial charge in [-0.3, -0.25) is 10.1 Å². The average molecular weight is 417 g/mol. The van der Waals surface area contributed by atoms with Gasteiger partial charge in [-0.25, -0.2) is 9.67 Å². The second kappa shape index (κ2) is 7.45. The predicted molar refractivity (Wildman–Crippen MR) is 106 cm³/mol. The van der Waals surface area contributed by atoms with Crippen molar-refractivity contribution in [2.45, 2.75) is 6.92 Å². The molecular formula is C18H13ClN4O4S. The van der Waals surface area contributed by atoms with Crippen molar-refractivity contribution in [1.29, 1.82) is 0 Å². The number of rotatable bonds is 4. The van der Waals surface area contributed by atoms with Crippen molar-refractivity contribution < 1.29 is 14.4 Å². The number of nitro benzene ring substituents is 1. The highest BCUT2D eigenvalue weighted by Gasteiger charge is 2.22. The lowest BCUT2D eigenvalue weighted by atomic mass is 10.1. The van der Waals surface area contributed by atoms with E-state index in [1.54, 1.807) is 35.0 Å². The van der Waals surface area contributed by atoms with Gasteiger partial charge in [-0.05, 0) is 37.3 Å². The summed E-state index contributed by atoms with van der Waals surface area (Å²) in [6.45, 7) is 1.92. The molecule has 1 aliphatic rings. The number of ether oxygens (including phenoxy) is 2. The molecule has 142 valence electrons. The van der Waals surface area contributed by atoms with Crippen LogP contribution in [0.2, 0.25) is 5.02 Å². The van der Waals surface area contributed by atoms with Crippen LogP contribution in [0.3, 0.4) is 0 Å². The smallest absolute Gasteiger partial charge is 0.282 e. The van der Waals surface area contributed by atoms with E-state index in [0.717, 1.165) is 11.4 Å². The van der Waals surface area contributed by atoms with Crippen LogP contribution in [-0.4, -0.2) is 22.6 Å². The number of benzene rings is 2. The molecule has 1 aromatic heterocycles. The van der Waals surface area contributed by atoms with Crippen molar-refractivity contribution in [2.24, 2.45) is 10.1 Å². The summed E-state index contributed by atoms with van der Waals surface area (Å²) in [4.78, 5) is 16.1. The van der Waals surface area contributed by atoms with Crippen LogP contribution in [0.1, 0.15) is 11.3 Å². The molecule has 2 heterocycles. The average Bonchev–Trinajstić information content (AvgIpc) is 3.27. The first kappa shape index (κ1) is 18.2. The molecule has 28 heavy (non-hydrogen) atoms. The van der Waals surface area contributed by atoms with Gasteiger partial charge in [0.2, 0.25) is 11.6 Å². The first-order valence-electron chi connectivity index (χ1n) is 8.11. The summed E-state index contributed by atoms with van der Waals surface area (Å²) in [7, 11) is 0. The molecule has 8 nitrogen and oxygen atoms in total. The molecule has 0 bridgehead atoms. The second-order valence-electron chi connectivity index (χ2n) is 5.83. The molecule has 4 rings (SSSR count). The summed E-state index contributed by atoms with van der Waals surface area (Å²) in [5.74, 6) is 0.798. The van der Waals surface area contributed by atoms with Gasteiger partial charge in [0.25, 0.3) is 5.69 Å². The van der Waals surface area contributed by atoms with E-state index in [9.17, 15) is 10.1 Å². The van der Waals surface area contributed by atoms with E-state index in [1.807, 2.05) is 12.3 Å². The lowest BCUT2D eigenvalue weighted by Gasteiger charge is -2.02. The Balaban J connectivity index is 1.74. The maximum Gasteiger partial charge on any atom is 0.282 e. The highest BCUT2D eigenvalue weighted by atomic mass is 35.5. The first-order chi connectivity index (χ1) is 13.5. The molecule has 0 saturated heterocycles. The third-order valence-electron chi connectivity index (χ3n) is 3.93. The van der Waals surface area contributed by atoms with Crippen LogP contribution in [0.15, 0.2) is 51.9 Å². The van der Waals surface area contributed by atoms with Crippen LogP contribution >= 0.6 is 22.9 Å². The van der Waals surface area contributed by atoms with E-state index < -0.39 is 4.92 Å². The maximum atomic E-state index is 11.4. The standard InChI is InChI=1S/C18H13ClN4O4S/c1-11-9-28-18(21-14-4-2-13(19)3-5-14)22(11)20-8-12-6-16-17(27-10-26-16)7-15(12)23(24)25/h2-9H,10H2,1H3. The zero-order valence-electron chi connectivity index (χ0n) is 14.5. The predicted octanol–water partition coefficient (Wildman–Crippen LogP) is 4.26.